The van der Waals surface area contributed by atoms with Crippen molar-refractivity contribution in [1.82, 2.24) is 0 Å². The molecule has 1 heterocycles. The number of carbonyl (C=O) groups is 1. The van der Waals surface area contributed by atoms with Crippen molar-refractivity contribution < 1.29 is 14.4 Å². The summed E-state index contributed by atoms with van der Waals surface area (Å²) in [7, 11) is 4.12. The van der Waals surface area contributed by atoms with Gasteiger partial charge < -0.3 is 9.64 Å². The fourth-order valence-electron chi connectivity index (χ4n) is 2.10. The van der Waals surface area contributed by atoms with E-state index in [4.69, 9.17) is 4.74 Å². The molecule has 1 aliphatic heterocycles. The van der Waals surface area contributed by atoms with Crippen LogP contribution in [0.1, 0.15) is 29.3 Å². The summed E-state index contributed by atoms with van der Waals surface area (Å²) in [5.74, 6) is 1.17. The van der Waals surface area contributed by atoms with Crippen molar-refractivity contribution in [3.8, 4) is 5.75 Å². The van der Waals surface area contributed by atoms with Crippen LogP contribution in [-0.4, -0.2) is 32.5 Å². The zero-order chi connectivity index (χ0) is 12.4. The second kappa shape index (κ2) is 4.88. The molecule has 1 aromatic rings. The van der Waals surface area contributed by atoms with Gasteiger partial charge in [-0.05, 0) is 30.7 Å². The summed E-state index contributed by atoms with van der Waals surface area (Å²) >= 11 is 0. The topological polar surface area (TPSA) is 30.7 Å². The van der Waals surface area contributed by atoms with Gasteiger partial charge in [-0.2, -0.15) is 0 Å². The molecule has 1 aromatic carbocycles. The van der Waals surface area contributed by atoms with Crippen molar-refractivity contribution in [1.29, 1.82) is 0 Å². The fraction of sp³-hybridized carbons (Fsp3) is 0.500. The van der Waals surface area contributed by atoms with Crippen LogP contribution < -0.4 is 9.64 Å². The van der Waals surface area contributed by atoms with Gasteiger partial charge in [0.25, 0.3) is 0 Å². The van der Waals surface area contributed by atoms with E-state index >= 15 is 0 Å². The molecule has 1 atom stereocenters. The van der Waals surface area contributed by atoms with E-state index in [1.165, 1.54) is 10.5 Å². The van der Waals surface area contributed by atoms with Crippen molar-refractivity contribution in [2.45, 2.75) is 25.9 Å². The molecule has 0 radical (unpaired) electrons. The van der Waals surface area contributed by atoms with E-state index in [1.54, 1.807) is 0 Å². The van der Waals surface area contributed by atoms with Gasteiger partial charge >= 0.3 is 0 Å². The molecule has 3 heteroatoms. The fourth-order valence-corrected chi connectivity index (χ4v) is 2.10. The van der Waals surface area contributed by atoms with Gasteiger partial charge in [-0.1, -0.05) is 0 Å². The highest BCUT2D eigenvalue weighted by atomic mass is 16.5. The number of benzene rings is 1. The average Bonchev–Trinajstić information content (AvgIpc) is 2.64. The number of nitrogens with one attached hydrogen (secondary N) is 1. The second-order valence-electron chi connectivity index (χ2n) is 5.09. The monoisotopic (exact) mass is 234 g/mol. The third-order valence-corrected chi connectivity index (χ3v) is 3.07. The Morgan fingerprint density at radius 2 is 2.24 bits per heavy atom. The molecule has 1 N–H and O–H groups in total. The van der Waals surface area contributed by atoms with Crippen molar-refractivity contribution >= 4 is 5.78 Å². The summed E-state index contributed by atoms with van der Waals surface area (Å²) in [5.41, 5.74) is 1.99. The molecule has 0 aromatic heterocycles. The molecule has 1 aliphatic rings. The SMILES string of the molecule is CC1Cc2cc(C(=O)CC[NH+](C)C)ccc2O1. The van der Waals surface area contributed by atoms with Crippen LogP contribution in [-0.2, 0) is 6.42 Å². The first-order chi connectivity index (χ1) is 8.06. The van der Waals surface area contributed by atoms with Crippen molar-refractivity contribution in [2.75, 3.05) is 20.6 Å². The summed E-state index contributed by atoms with van der Waals surface area (Å²) in [6, 6.07) is 5.80. The van der Waals surface area contributed by atoms with Gasteiger partial charge in [0.15, 0.2) is 5.78 Å². The van der Waals surface area contributed by atoms with E-state index in [0.29, 0.717) is 6.42 Å². The number of hydrogen-bond acceptors (Lipinski definition) is 2. The summed E-state index contributed by atoms with van der Waals surface area (Å²) in [6.45, 7) is 2.93. The van der Waals surface area contributed by atoms with Crippen LogP contribution >= 0.6 is 0 Å². The number of quaternary nitrogens is 1. The highest BCUT2D eigenvalue weighted by Gasteiger charge is 2.20. The minimum atomic E-state index is 0.230. The molecule has 0 saturated heterocycles. The Morgan fingerprint density at radius 1 is 1.47 bits per heavy atom. The van der Waals surface area contributed by atoms with E-state index in [0.717, 1.165) is 24.3 Å². The largest absolute Gasteiger partial charge is 0.490 e. The maximum Gasteiger partial charge on any atom is 0.168 e. The van der Waals surface area contributed by atoms with Crippen LogP contribution in [0, 0.1) is 0 Å². The first kappa shape index (κ1) is 12.1. The van der Waals surface area contributed by atoms with Crippen LogP contribution in [0.2, 0.25) is 0 Å². The number of hydrogen-bond donors (Lipinski definition) is 1. The molecule has 92 valence electrons. The van der Waals surface area contributed by atoms with Crippen LogP contribution in [0.15, 0.2) is 18.2 Å². The highest BCUT2D eigenvalue weighted by Crippen LogP contribution is 2.29. The number of Topliss-reactive ketones (excluding diaryl/α,β-unsaturated/α-hetero) is 1. The Morgan fingerprint density at radius 3 is 2.94 bits per heavy atom. The average molecular weight is 234 g/mol. The van der Waals surface area contributed by atoms with E-state index in [9.17, 15) is 4.79 Å². The predicted molar refractivity (Wildman–Crippen MR) is 66.9 cm³/mol. The van der Waals surface area contributed by atoms with E-state index in [1.807, 2.05) is 18.2 Å². The van der Waals surface area contributed by atoms with Gasteiger partial charge in [-0.3, -0.25) is 4.79 Å². The lowest BCUT2D eigenvalue weighted by Gasteiger charge is -2.07. The number of ether oxygens (including phenoxy) is 1. The zero-order valence-electron chi connectivity index (χ0n) is 10.7. The van der Waals surface area contributed by atoms with Gasteiger partial charge in [0, 0.05) is 12.0 Å². The lowest BCUT2D eigenvalue weighted by Crippen LogP contribution is -3.05. The molecule has 0 fully saturated rings. The Hall–Kier alpha value is -1.35. The summed E-state index contributed by atoms with van der Waals surface area (Å²) < 4.78 is 5.62. The summed E-state index contributed by atoms with van der Waals surface area (Å²) in [5, 5.41) is 0. The molecule has 0 saturated carbocycles. The second-order valence-corrected chi connectivity index (χ2v) is 5.09. The molecule has 0 spiro atoms. The Balaban J connectivity index is 2.08. The Labute approximate surface area is 102 Å². The predicted octanol–water partition coefficient (Wildman–Crippen LogP) is 0.727. The van der Waals surface area contributed by atoms with Gasteiger partial charge in [-0.25, -0.2) is 0 Å². The highest BCUT2D eigenvalue weighted by molar-refractivity contribution is 5.96. The van der Waals surface area contributed by atoms with Gasteiger partial charge in [0.1, 0.15) is 11.9 Å². The number of carbonyl (C=O) groups excluding carboxylic acids is 1. The molecular weight excluding hydrogens is 214 g/mol. The molecule has 17 heavy (non-hydrogen) atoms. The quantitative estimate of drug-likeness (QED) is 0.779. The third-order valence-electron chi connectivity index (χ3n) is 3.07. The van der Waals surface area contributed by atoms with Crippen LogP contribution in [0.5, 0.6) is 5.75 Å². The number of fused-ring (bicyclic) bond motifs is 1. The molecular formula is C14H20NO2+. The maximum absolute atomic E-state index is 12.0. The minimum absolute atomic E-state index is 0.230. The zero-order valence-corrected chi connectivity index (χ0v) is 10.7. The first-order valence-corrected chi connectivity index (χ1v) is 6.18. The molecule has 0 aliphatic carbocycles. The van der Waals surface area contributed by atoms with Crippen LogP contribution in [0.3, 0.4) is 0 Å². The lowest BCUT2D eigenvalue weighted by molar-refractivity contribution is -0.857. The maximum atomic E-state index is 12.0. The minimum Gasteiger partial charge on any atom is -0.490 e. The van der Waals surface area contributed by atoms with Crippen molar-refractivity contribution in [2.24, 2.45) is 0 Å². The van der Waals surface area contributed by atoms with E-state index in [2.05, 4.69) is 21.0 Å². The smallest absolute Gasteiger partial charge is 0.168 e. The standard InChI is InChI=1S/C14H19NO2/c1-10-8-12-9-11(4-5-14(12)17-10)13(16)6-7-15(2)3/h4-5,9-10H,6-8H2,1-3H3/p+1. The summed E-state index contributed by atoms with van der Waals surface area (Å²) in [6.07, 6.45) is 1.76. The van der Waals surface area contributed by atoms with Crippen molar-refractivity contribution in [3.63, 3.8) is 0 Å². The van der Waals surface area contributed by atoms with Gasteiger partial charge in [0.05, 0.1) is 27.1 Å². The van der Waals surface area contributed by atoms with Gasteiger partial charge in [0.2, 0.25) is 0 Å². The molecule has 1 unspecified atom stereocenters. The molecule has 0 amide bonds. The Bertz CT molecular complexity index is 426. The first-order valence-electron chi connectivity index (χ1n) is 6.18. The lowest BCUT2D eigenvalue weighted by atomic mass is 10.0. The van der Waals surface area contributed by atoms with Gasteiger partial charge in [-0.15, -0.1) is 0 Å². The van der Waals surface area contributed by atoms with Crippen LogP contribution in [0.25, 0.3) is 0 Å². The molecule has 0 bridgehead atoms. The Kier molecular flexibility index (Phi) is 3.48. The molecule has 2 rings (SSSR count). The normalized spacial score (nSPS) is 18.0. The summed E-state index contributed by atoms with van der Waals surface area (Å²) in [4.78, 5) is 13.3. The number of ketones is 1. The number of rotatable bonds is 4. The van der Waals surface area contributed by atoms with Crippen LogP contribution in [0.4, 0.5) is 0 Å². The van der Waals surface area contributed by atoms with Crippen molar-refractivity contribution in [3.05, 3.63) is 29.3 Å². The third kappa shape index (κ3) is 2.86. The molecule has 3 nitrogen and oxygen atoms in total. The van der Waals surface area contributed by atoms with E-state index in [-0.39, 0.29) is 11.9 Å². The van der Waals surface area contributed by atoms with E-state index < -0.39 is 0 Å².